The van der Waals surface area contributed by atoms with E-state index in [9.17, 15) is 18.6 Å². The minimum Gasteiger partial charge on any atom is -0.488 e. The van der Waals surface area contributed by atoms with Gasteiger partial charge in [0.1, 0.15) is 28.3 Å². The molecule has 4 rings (SSSR count). The van der Waals surface area contributed by atoms with Crippen molar-refractivity contribution in [2.75, 3.05) is 20.3 Å². The summed E-state index contributed by atoms with van der Waals surface area (Å²) in [4.78, 5) is 15.7. The third-order valence-corrected chi connectivity index (χ3v) is 25.3. The molecule has 13 nitrogen and oxygen atoms in total. The van der Waals surface area contributed by atoms with Gasteiger partial charge in [0.15, 0.2) is 6.29 Å². The number of aliphatic hydroxyl groups excluding tert-OH is 1. The number of hydrogen-bond acceptors (Lipinski definition) is 15. The van der Waals surface area contributed by atoms with Gasteiger partial charge in [-0.05, 0) is 241 Å². The van der Waals surface area contributed by atoms with Crippen LogP contribution in [-0.2, 0) is 60.9 Å². The lowest BCUT2D eigenvalue weighted by Crippen LogP contribution is -2.59. The van der Waals surface area contributed by atoms with Gasteiger partial charge in [0, 0.05) is 35.7 Å². The van der Waals surface area contributed by atoms with Crippen LogP contribution in [0.2, 0.25) is 0 Å². The fourth-order valence-corrected chi connectivity index (χ4v) is 16.4. The second kappa shape index (κ2) is 28.1. The first-order chi connectivity index (χ1) is 40.7. The summed E-state index contributed by atoms with van der Waals surface area (Å²) in [5, 5.41) is 23.3. The largest absolute Gasteiger partial charge is 0.488 e. The number of sulfone groups is 2. The molecule has 90 heavy (non-hydrogen) atoms. The number of benzene rings is 4. The molecule has 0 aliphatic carbocycles. The van der Waals surface area contributed by atoms with Crippen molar-refractivity contribution < 1.29 is 60.3 Å². The van der Waals surface area contributed by atoms with E-state index < -0.39 is 91.2 Å². The maximum atomic E-state index is 15.4. The number of ether oxygens (including phenoxy) is 6. The fraction of sp³-hybridized carbons (Fsp3) is 0.644. The van der Waals surface area contributed by atoms with Gasteiger partial charge in [0.05, 0.1) is 42.8 Å². The van der Waals surface area contributed by atoms with Gasteiger partial charge in [-0.25, -0.2) is 16.8 Å². The highest BCUT2D eigenvalue weighted by Crippen LogP contribution is 2.64. The van der Waals surface area contributed by atoms with E-state index in [2.05, 4.69) is 62.3 Å². The van der Waals surface area contributed by atoms with Crippen molar-refractivity contribution in [1.29, 1.82) is 0 Å². The highest BCUT2D eigenvalue weighted by Gasteiger charge is 2.62. The molecule has 0 heterocycles. The molecular weight excluding hydrogens is 1210 g/mol. The molecular formula is C73H112O13S4. The third kappa shape index (κ3) is 18.0. The number of carbonyl (C=O) groups is 1. The van der Waals surface area contributed by atoms with Crippen LogP contribution in [0.15, 0.2) is 111 Å². The average Bonchev–Trinajstić information content (AvgIpc) is 0.727. The number of methoxy groups -OCH3 is 1. The second-order valence-electron chi connectivity index (χ2n) is 31.1. The Bertz CT molecular complexity index is 3310. The number of hydrogen-bond donors (Lipinski definition) is 2. The predicted molar refractivity (Wildman–Crippen MR) is 369 cm³/mol. The van der Waals surface area contributed by atoms with Gasteiger partial charge in [-0.3, -0.25) is 4.79 Å². The van der Waals surface area contributed by atoms with Crippen molar-refractivity contribution in [3.05, 3.63) is 108 Å². The Morgan fingerprint density at radius 3 is 1.56 bits per heavy atom. The van der Waals surface area contributed by atoms with E-state index in [4.69, 9.17) is 40.6 Å². The van der Waals surface area contributed by atoms with Gasteiger partial charge >= 0.3 is 5.97 Å². The average molecular weight is 1330 g/mol. The summed E-state index contributed by atoms with van der Waals surface area (Å²) < 4.78 is 95.2. The van der Waals surface area contributed by atoms with Crippen LogP contribution in [0.25, 0.3) is 0 Å². The van der Waals surface area contributed by atoms with E-state index in [1.165, 1.54) is 36.0 Å². The molecule has 4 aromatic rings. The lowest BCUT2D eigenvalue weighted by molar-refractivity contribution is -0.271. The Kier molecular flexibility index (Phi) is 24.5. The molecule has 0 radical (unpaired) electrons. The molecule has 2 N–H and O–H groups in total. The Labute approximate surface area is 553 Å². The number of thiocarbonyl (C=S) groups is 1. The van der Waals surface area contributed by atoms with Gasteiger partial charge in [-0.15, -0.1) is 0 Å². The van der Waals surface area contributed by atoms with Crippen molar-refractivity contribution in [3.63, 3.8) is 0 Å². The molecule has 0 saturated heterocycles. The molecule has 0 aliphatic rings. The smallest absolute Gasteiger partial charge is 0.313 e. The molecule has 5 unspecified atom stereocenters. The highest BCUT2D eigenvalue weighted by atomic mass is 32.2. The summed E-state index contributed by atoms with van der Waals surface area (Å²) in [6.07, 6.45) is 1.21. The Morgan fingerprint density at radius 2 is 1.10 bits per heavy atom. The topological polar surface area (TPSA) is 181 Å². The molecule has 4 aromatic carbocycles. The molecule has 0 aliphatic heterocycles. The predicted octanol–water partition coefficient (Wildman–Crippen LogP) is 17.4. The zero-order chi connectivity index (χ0) is 69.1. The number of carbonyl (C=O) groups excluding carboxylic acids is 1. The van der Waals surface area contributed by atoms with Crippen molar-refractivity contribution >= 4 is 54.0 Å². The van der Waals surface area contributed by atoms with Gasteiger partial charge < -0.3 is 38.6 Å². The fourth-order valence-electron chi connectivity index (χ4n) is 11.9. The Balaban J connectivity index is 1.82. The minimum absolute atomic E-state index is 0.0922. The first-order valence-corrected chi connectivity index (χ1v) is 35.9. The van der Waals surface area contributed by atoms with E-state index in [1.807, 2.05) is 115 Å². The SMILES string of the molecule is CCOC(=S)SC(C)(CC)C(C)(CC(C)(C)C(C)(C)C(C)(CC(C)(CC)Cc1cc(OC(C)(C)C)ccc1S(=O)(=O)c1ccc(C(C)(C)C(C)(C)Oc2ccc(S(=O)(=O)c3ccc(C(C)(C)O)cc3)cc2)cc1)C(O)OC(C)(C)C)C(=O)OC(C)(C)CCOC. The molecule has 506 valence electrons. The molecule has 5 atom stereocenters. The molecule has 0 fully saturated rings. The number of rotatable bonds is 30. The molecule has 17 heteroatoms. The number of esters is 1. The quantitative estimate of drug-likeness (QED) is 0.0286. The van der Waals surface area contributed by atoms with Gasteiger partial charge in [-0.2, -0.15) is 0 Å². The molecule has 0 bridgehead atoms. The summed E-state index contributed by atoms with van der Waals surface area (Å²) in [5.41, 5.74) is -7.59. The highest BCUT2D eigenvalue weighted by molar-refractivity contribution is 8.23. The molecule has 0 spiro atoms. The van der Waals surface area contributed by atoms with E-state index in [0.717, 1.165) is 5.56 Å². The van der Waals surface area contributed by atoms with Crippen molar-refractivity contribution in [1.82, 2.24) is 0 Å². The van der Waals surface area contributed by atoms with Gasteiger partial charge in [-0.1, -0.05) is 112 Å². The minimum atomic E-state index is -4.21. The standard InChI is InChI=1S/C73H112O13S4/c1-27-70(22,49-71(23,59(74)85-63(7,8)9)68(18,19)64(10,11)48-72(24,60(75)86-65(12,13)44-45-81-26)73(25,28-2)88-61(87)82-29-3)47-50-46-54(83-62(4,5)6)36-43-58(50)90(79,80)57-37-30-51(31-38-57)66(14,15)69(20,21)84-53-34-41-56(42-35-53)89(77,78)55-39-32-52(33-40-55)67(16,17)76/h30-43,46,59,74,76H,27-29,44-45,47-49H2,1-26H3. The Hall–Kier alpha value is -4.07. The van der Waals surface area contributed by atoms with Gasteiger partial charge in [0.25, 0.3) is 0 Å². The lowest BCUT2D eigenvalue weighted by Gasteiger charge is -2.60. The van der Waals surface area contributed by atoms with Crippen molar-refractivity contribution in [2.24, 2.45) is 27.1 Å². The van der Waals surface area contributed by atoms with Crippen LogP contribution in [0.1, 0.15) is 222 Å². The first-order valence-electron chi connectivity index (χ1n) is 31.7. The third-order valence-electron chi connectivity index (χ3n) is 19.8. The van der Waals surface area contributed by atoms with Crippen LogP contribution in [0.5, 0.6) is 11.5 Å². The zero-order valence-corrected chi connectivity index (χ0v) is 62.7. The van der Waals surface area contributed by atoms with E-state index in [0.29, 0.717) is 72.3 Å². The van der Waals surface area contributed by atoms with Crippen LogP contribution in [0, 0.1) is 27.1 Å². The van der Waals surface area contributed by atoms with Crippen LogP contribution in [-0.4, -0.2) is 91.2 Å². The first kappa shape index (κ1) is 78.4. The Morgan fingerprint density at radius 1 is 0.611 bits per heavy atom. The zero-order valence-electron chi connectivity index (χ0n) is 59.4. The van der Waals surface area contributed by atoms with Crippen molar-refractivity contribution in [3.8, 4) is 11.5 Å². The summed E-state index contributed by atoms with van der Waals surface area (Å²) in [5.74, 6) is 0.590. The number of thioether (sulfide) groups is 1. The maximum absolute atomic E-state index is 15.4. The molecule has 0 amide bonds. The van der Waals surface area contributed by atoms with Gasteiger partial charge in [0.2, 0.25) is 24.1 Å². The van der Waals surface area contributed by atoms with Crippen LogP contribution in [0.4, 0.5) is 0 Å². The van der Waals surface area contributed by atoms with Crippen LogP contribution in [0.3, 0.4) is 0 Å². The summed E-state index contributed by atoms with van der Waals surface area (Å²) in [7, 11) is -6.45. The molecule has 0 aromatic heterocycles. The monoisotopic (exact) mass is 1320 g/mol. The number of aliphatic hydroxyl groups is 2. The van der Waals surface area contributed by atoms with E-state index in [-0.39, 0.29) is 32.0 Å². The normalized spacial score (nSPS) is 16.6. The summed E-state index contributed by atoms with van der Waals surface area (Å²) in [6.45, 7) is 50.2. The summed E-state index contributed by atoms with van der Waals surface area (Å²) >= 11 is 7.18. The van der Waals surface area contributed by atoms with Crippen molar-refractivity contribution in [2.45, 2.75) is 276 Å². The second-order valence-corrected chi connectivity index (χ2v) is 37.1. The molecule has 0 saturated carbocycles. The lowest BCUT2D eigenvalue weighted by atomic mass is 9.47. The van der Waals surface area contributed by atoms with E-state index in [1.54, 1.807) is 69.5 Å². The maximum Gasteiger partial charge on any atom is 0.313 e. The summed E-state index contributed by atoms with van der Waals surface area (Å²) in [6, 6.07) is 24.6. The van der Waals surface area contributed by atoms with Crippen LogP contribution < -0.4 is 9.47 Å². The van der Waals surface area contributed by atoms with Crippen LogP contribution >= 0.6 is 24.0 Å². The van der Waals surface area contributed by atoms with E-state index >= 15 is 13.2 Å².